The number of amides is 1. The average molecular weight is 383 g/mol. The summed E-state index contributed by atoms with van der Waals surface area (Å²) in [5.74, 6) is 3.29. The highest BCUT2D eigenvalue weighted by Crippen LogP contribution is 2.26. The fourth-order valence-corrected chi connectivity index (χ4v) is 5.03. The summed E-state index contributed by atoms with van der Waals surface area (Å²) in [5.41, 5.74) is 0.725. The molecule has 3 rings (SSSR count). The number of piperidine rings is 1. The molecule has 0 bridgehead atoms. The first kappa shape index (κ1) is 16.3. The Hall–Kier alpha value is -0.520. The summed E-state index contributed by atoms with van der Waals surface area (Å²) in [6.45, 7) is 3.19. The first-order valence-electron chi connectivity index (χ1n) is 8.08. The van der Waals surface area contributed by atoms with Crippen molar-refractivity contribution in [3.8, 4) is 0 Å². The van der Waals surface area contributed by atoms with Crippen LogP contribution in [0.4, 0.5) is 0 Å². The van der Waals surface area contributed by atoms with Crippen molar-refractivity contribution in [2.45, 2.75) is 25.3 Å². The summed E-state index contributed by atoms with van der Waals surface area (Å²) in [6, 6.07) is 8.41. The molecule has 1 N–H and O–H groups in total. The van der Waals surface area contributed by atoms with E-state index < -0.39 is 0 Å². The Bertz CT molecular complexity index is 511. The zero-order valence-electron chi connectivity index (χ0n) is 12.8. The molecular weight excluding hydrogens is 360 g/mol. The number of hydrogen-bond donors (Lipinski definition) is 1. The van der Waals surface area contributed by atoms with Crippen molar-refractivity contribution in [2.24, 2.45) is 5.92 Å². The molecule has 0 saturated carbocycles. The van der Waals surface area contributed by atoms with Crippen molar-refractivity contribution in [3.63, 3.8) is 0 Å². The van der Waals surface area contributed by atoms with Crippen molar-refractivity contribution in [3.05, 3.63) is 34.3 Å². The van der Waals surface area contributed by atoms with Gasteiger partial charge in [-0.1, -0.05) is 12.1 Å². The van der Waals surface area contributed by atoms with Gasteiger partial charge in [0.15, 0.2) is 0 Å². The van der Waals surface area contributed by atoms with Gasteiger partial charge in [-0.2, -0.15) is 11.8 Å². The predicted octanol–water partition coefficient (Wildman–Crippen LogP) is 3.40. The summed E-state index contributed by atoms with van der Waals surface area (Å²) in [4.78, 5) is 14.9. The molecule has 2 saturated heterocycles. The van der Waals surface area contributed by atoms with Crippen LogP contribution >= 0.6 is 27.7 Å². The minimum absolute atomic E-state index is 0.0297. The third kappa shape index (κ3) is 4.06. The number of carbonyl (C=O) groups excluding carboxylic acids is 1. The Kier molecular flexibility index (Phi) is 5.83. The molecule has 0 spiro atoms. The van der Waals surface area contributed by atoms with Gasteiger partial charge >= 0.3 is 0 Å². The van der Waals surface area contributed by atoms with E-state index >= 15 is 0 Å². The molecule has 1 atom stereocenters. The molecule has 2 fully saturated rings. The molecule has 2 heterocycles. The van der Waals surface area contributed by atoms with E-state index in [1.807, 2.05) is 24.3 Å². The molecule has 2 aliphatic heterocycles. The van der Waals surface area contributed by atoms with Gasteiger partial charge in [0.1, 0.15) is 0 Å². The molecule has 5 heteroatoms. The van der Waals surface area contributed by atoms with E-state index in [-0.39, 0.29) is 5.91 Å². The van der Waals surface area contributed by atoms with E-state index in [0.717, 1.165) is 22.6 Å². The molecule has 1 aromatic rings. The highest BCUT2D eigenvalue weighted by molar-refractivity contribution is 9.10. The molecule has 3 nitrogen and oxygen atoms in total. The van der Waals surface area contributed by atoms with Crippen LogP contribution in [0.15, 0.2) is 28.7 Å². The van der Waals surface area contributed by atoms with Crippen LogP contribution in [0.3, 0.4) is 0 Å². The number of hydrogen-bond acceptors (Lipinski definition) is 3. The lowest BCUT2D eigenvalue weighted by Crippen LogP contribution is -2.43. The van der Waals surface area contributed by atoms with Crippen LogP contribution < -0.4 is 5.32 Å². The van der Waals surface area contributed by atoms with Crippen molar-refractivity contribution in [2.75, 3.05) is 31.1 Å². The zero-order chi connectivity index (χ0) is 15.4. The third-order valence-corrected chi connectivity index (χ3v) is 6.58. The first-order valence-corrected chi connectivity index (χ1v) is 10.0. The van der Waals surface area contributed by atoms with Gasteiger partial charge in [0, 0.05) is 22.8 Å². The average Bonchev–Trinajstić information content (AvgIpc) is 3.08. The van der Waals surface area contributed by atoms with Crippen molar-refractivity contribution >= 4 is 33.6 Å². The van der Waals surface area contributed by atoms with E-state index in [1.54, 1.807) is 0 Å². The molecule has 120 valence electrons. The largest absolute Gasteiger partial charge is 0.352 e. The number of benzene rings is 1. The molecule has 0 aromatic heterocycles. The number of nitrogens with one attached hydrogen (secondary N) is 1. The van der Waals surface area contributed by atoms with Gasteiger partial charge in [0.25, 0.3) is 5.91 Å². The van der Waals surface area contributed by atoms with E-state index in [9.17, 15) is 4.79 Å². The van der Waals surface area contributed by atoms with Crippen molar-refractivity contribution in [1.82, 2.24) is 10.2 Å². The second kappa shape index (κ2) is 7.84. The minimum atomic E-state index is 0.0297. The highest BCUT2D eigenvalue weighted by atomic mass is 79.9. The van der Waals surface area contributed by atoms with Crippen LogP contribution in [-0.2, 0) is 0 Å². The molecule has 1 aromatic carbocycles. The molecule has 1 amide bonds. The van der Waals surface area contributed by atoms with E-state index in [2.05, 4.69) is 37.9 Å². The first-order chi connectivity index (χ1) is 10.7. The smallest absolute Gasteiger partial charge is 0.252 e. The van der Waals surface area contributed by atoms with Gasteiger partial charge in [0.2, 0.25) is 0 Å². The Labute approximate surface area is 145 Å². The number of likely N-dealkylation sites (tertiary alicyclic amines) is 1. The van der Waals surface area contributed by atoms with Gasteiger partial charge in [-0.15, -0.1) is 0 Å². The minimum Gasteiger partial charge on any atom is -0.352 e. The van der Waals surface area contributed by atoms with Crippen LogP contribution in [0.25, 0.3) is 0 Å². The maximum Gasteiger partial charge on any atom is 0.252 e. The van der Waals surface area contributed by atoms with Crippen LogP contribution in [0.1, 0.15) is 29.6 Å². The van der Waals surface area contributed by atoms with Gasteiger partial charge in [-0.05, 0) is 72.1 Å². The van der Waals surface area contributed by atoms with Gasteiger partial charge < -0.3 is 5.32 Å². The monoisotopic (exact) mass is 382 g/mol. The van der Waals surface area contributed by atoms with Gasteiger partial charge in [0.05, 0.1) is 5.56 Å². The quantitative estimate of drug-likeness (QED) is 0.865. The second-order valence-electron chi connectivity index (χ2n) is 6.19. The van der Waals surface area contributed by atoms with E-state index in [1.165, 1.54) is 43.9 Å². The number of nitrogens with zero attached hydrogens (tertiary/aromatic N) is 1. The van der Waals surface area contributed by atoms with Crippen LogP contribution in [0.2, 0.25) is 0 Å². The maximum atomic E-state index is 12.2. The number of thioether (sulfide) groups is 1. The van der Waals surface area contributed by atoms with Crippen LogP contribution in [-0.4, -0.2) is 48.0 Å². The summed E-state index contributed by atoms with van der Waals surface area (Å²) < 4.78 is 0.862. The predicted molar refractivity (Wildman–Crippen MR) is 96.5 cm³/mol. The fraction of sp³-hybridized carbons (Fsp3) is 0.588. The number of carbonyl (C=O) groups is 1. The Morgan fingerprint density at radius 2 is 2.05 bits per heavy atom. The standard InChI is InChI=1S/C17H23BrN2OS/c18-16-4-2-1-3-15(16)17(21)19-11-13-5-8-20(9-6-13)14-7-10-22-12-14/h1-4,13-14H,5-12H2,(H,19,21)/t14-/m0/s1. The summed E-state index contributed by atoms with van der Waals surface area (Å²) in [5, 5.41) is 3.10. The van der Waals surface area contributed by atoms with E-state index in [0.29, 0.717) is 5.92 Å². The zero-order valence-corrected chi connectivity index (χ0v) is 15.2. The third-order valence-electron chi connectivity index (χ3n) is 4.74. The normalized spacial score (nSPS) is 23.6. The maximum absolute atomic E-state index is 12.2. The lowest BCUT2D eigenvalue weighted by atomic mass is 9.95. The van der Waals surface area contributed by atoms with Gasteiger partial charge in [-0.25, -0.2) is 0 Å². The summed E-state index contributed by atoms with van der Waals surface area (Å²) >= 11 is 5.53. The molecule has 2 aliphatic rings. The Morgan fingerprint density at radius 3 is 2.73 bits per heavy atom. The van der Waals surface area contributed by atoms with Crippen molar-refractivity contribution in [1.29, 1.82) is 0 Å². The molecule has 22 heavy (non-hydrogen) atoms. The van der Waals surface area contributed by atoms with Crippen LogP contribution in [0, 0.1) is 5.92 Å². The summed E-state index contributed by atoms with van der Waals surface area (Å²) in [7, 11) is 0. The highest BCUT2D eigenvalue weighted by Gasteiger charge is 2.27. The lowest BCUT2D eigenvalue weighted by molar-refractivity contribution is 0.0927. The molecule has 0 radical (unpaired) electrons. The van der Waals surface area contributed by atoms with E-state index in [4.69, 9.17) is 0 Å². The second-order valence-corrected chi connectivity index (χ2v) is 8.19. The fourth-order valence-electron chi connectivity index (χ4n) is 3.31. The molecular formula is C17H23BrN2OS. The summed E-state index contributed by atoms with van der Waals surface area (Å²) in [6.07, 6.45) is 3.77. The SMILES string of the molecule is O=C(NCC1CCN([C@H]2CCSC2)CC1)c1ccccc1Br. The number of rotatable bonds is 4. The molecule has 0 aliphatic carbocycles. The van der Waals surface area contributed by atoms with Crippen molar-refractivity contribution < 1.29 is 4.79 Å². The van der Waals surface area contributed by atoms with Gasteiger partial charge in [-0.3, -0.25) is 9.69 Å². The lowest BCUT2D eigenvalue weighted by Gasteiger charge is -2.35. The Morgan fingerprint density at radius 1 is 1.27 bits per heavy atom. The Balaban J connectivity index is 1.43. The molecule has 0 unspecified atom stereocenters. The topological polar surface area (TPSA) is 32.3 Å². The number of halogens is 1. The van der Waals surface area contributed by atoms with Crippen LogP contribution in [0.5, 0.6) is 0 Å².